The number of sulfonamides is 1. The molecule has 114 valence electrons. The summed E-state index contributed by atoms with van der Waals surface area (Å²) in [5, 5.41) is 2.95. The minimum absolute atomic E-state index is 0.0123. The highest BCUT2D eigenvalue weighted by Crippen LogP contribution is 2.21. The zero-order chi connectivity index (χ0) is 14.8. The summed E-state index contributed by atoms with van der Waals surface area (Å²) in [6, 6.07) is 1.61. The van der Waals surface area contributed by atoms with Crippen molar-refractivity contribution in [3.63, 3.8) is 0 Å². The predicted octanol–water partition coefficient (Wildman–Crippen LogP) is 0.680. The van der Waals surface area contributed by atoms with Crippen molar-refractivity contribution in [1.29, 1.82) is 0 Å². The summed E-state index contributed by atoms with van der Waals surface area (Å²) in [4.78, 5) is 2.46. The normalized spacial score (nSPS) is 18.6. The van der Waals surface area contributed by atoms with Crippen LogP contribution in [0.3, 0.4) is 0 Å². The molecule has 1 aromatic heterocycles. The summed E-state index contributed by atoms with van der Waals surface area (Å²) >= 11 is 0. The van der Waals surface area contributed by atoms with Crippen molar-refractivity contribution in [2.24, 2.45) is 0 Å². The Balaban J connectivity index is 2.10. The van der Waals surface area contributed by atoms with E-state index in [1.807, 2.05) is 0 Å². The van der Waals surface area contributed by atoms with Crippen molar-refractivity contribution >= 4 is 10.0 Å². The third kappa shape index (κ3) is 3.60. The van der Waals surface area contributed by atoms with Crippen molar-refractivity contribution < 1.29 is 12.8 Å². The maximum Gasteiger partial charge on any atom is 0.244 e. The highest BCUT2D eigenvalue weighted by molar-refractivity contribution is 7.89. The number of aryl methyl sites for hydroxylation is 1. The fraction of sp³-hybridized carbons (Fsp3) is 0.692. The van der Waals surface area contributed by atoms with Gasteiger partial charge in [-0.25, -0.2) is 13.1 Å². The fourth-order valence-electron chi connectivity index (χ4n) is 2.46. The second-order valence-corrected chi connectivity index (χ2v) is 7.04. The van der Waals surface area contributed by atoms with Gasteiger partial charge in [0.1, 0.15) is 16.4 Å². The van der Waals surface area contributed by atoms with Crippen LogP contribution >= 0.6 is 0 Å². The molecular formula is C13H23N3O3S. The molecule has 0 radical (unpaired) electrons. The summed E-state index contributed by atoms with van der Waals surface area (Å²) in [6.45, 7) is 4.04. The number of likely N-dealkylation sites (tertiary alicyclic amines) is 1. The lowest BCUT2D eigenvalue weighted by Gasteiger charge is -2.29. The van der Waals surface area contributed by atoms with E-state index in [1.165, 1.54) is 0 Å². The summed E-state index contributed by atoms with van der Waals surface area (Å²) in [7, 11) is 0.349. The van der Waals surface area contributed by atoms with Crippen LogP contribution in [0.25, 0.3) is 0 Å². The van der Waals surface area contributed by atoms with Gasteiger partial charge in [0.25, 0.3) is 0 Å². The molecule has 7 heteroatoms. The predicted molar refractivity (Wildman–Crippen MR) is 77.0 cm³/mol. The highest BCUT2D eigenvalue weighted by Gasteiger charge is 2.26. The summed E-state index contributed by atoms with van der Waals surface area (Å²) < 4.78 is 33.1. The lowest BCUT2D eigenvalue weighted by atomic mass is 10.1. The molecule has 0 saturated carbocycles. The first-order chi connectivity index (χ1) is 9.42. The molecule has 1 aromatic rings. The first kappa shape index (κ1) is 15.5. The second kappa shape index (κ2) is 6.26. The minimum atomic E-state index is -3.50. The van der Waals surface area contributed by atoms with E-state index in [0.717, 1.165) is 25.9 Å². The van der Waals surface area contributed by atoms with Gasteiger partial charge >= 0.3 is 0 Å². The molecule has 0 aliphatic carbocycles. The number of nitrogens with one attached hydrogen (secondary N) is 2. The van der Waals surface area contributed by atoms with Gasteiger partial charge in [0, 0.05) is 12.1 Å². The van der Waals surface area contributed by atoms with E-state index in [2.05, 4.69) is 22.0 Å². The van der Waals surface area contributed by atoms with Gasteiger partial charge in [0.2, 0.25) is 10.0 Å². The van der Waals surface area contributed by atoms with Crippen LogP contribution in [0, 0.1) is 6.92 Å². The van der Waals surface area contributed by atoms with Gasteiger partial charge < -0.3 is 14.6 Å². The van der Waals surface area contributed by atoms with E-state index in [9.17, 15) is 8.42 Å². The molecule has 2 heterocycles. The zero-order valence-electron chi connectivity index (χ0n) is 12.3. The molecule has 0 bridgehead atoms. The number of piperidine rings is 1. The molecule has 0 unspecified atom stereocenters. The van der Waals surface area contributed by atoms with Gasteiger partial charge in [-0.3, -0.25) is 0 Å². The van der Waals surface area contributed by atoms with Crippen LogP contribution in [0.15, 0.2) is 15.4 Å². The Hall–Kier alpha value is -0.890. The van der Waals surface area contributed by atoms with E-state index < -0.39 is 10.0 Å². The topological polar surface area (TPSA) is 74.6 Å². The Morgan fingerprint density at radius 2 is 2.05 bits per heavy atom. The first-order valence-corrected chi connectivity index (χ1v) is 8.35. The Kier molecular flexibility index (Phi) is 4.85. The molecule has 1 saturated heterocycles. The number of furan rings is 1. The van der Waals surface area contributed by atoms with Crippen molar-refractivity contribution in [2.75, 3.05) is 27.2 Å². The average Bonchev–Trinajstić information content (AvgIpc) is 2.74. The molecule has 6 nitrogen and oxygen atoms in total. The Morgan fingerprint density at radius 1 is 1.40 bits per heavy atom. The molecule has 0 aromatic carbocycles. The number of rotatable bonds is 5. The van der Waals surface area contributed by atoms with Crippen LogP contribution in [0.4, 0.5) is 0 Å². The molecule has 1 aliphatic heterocycles. The number of nitrogens with zero attached hydrogens (tertiary/aromatic N) is 1. The molecule has 0 spiro atoms. The monoisotopic (exact) mass is 301 g/mol. The van der Waals surface area contributed by atoms with E-state index in [1.54, 1.807) is 20.0 Å². The third-order valence-corrected chi connectivity index (χ3v) is 5.23. The third-order valence-electron chi connectivity index (χ3n) is 3.60. The van der Waals surface area contributed by atoms with E-state index in [4.69, 9.17) is 4.42 Å². The maximum atomic E-state index is 12.4. The highest BCUT2D eigenvalue weighted by atomic mass is 32.2. The number of hydrogen-bond acceptors (Lipinski definition) is 5. The van der Waals surface area contributed by atoms with E-state index in [0.29, 0.717) is 18.1 Å². The van der Waals surface area contributed by atoms with Crippen LogP contribution in [0.1, 0.15) is 24.4 Å². The standard InChI is InChI=1S/C13H23N3O3S/c1-10-13(8-12(19-10)9-14-2)20(17,18)15-11-4-6-16(3)7-5-11/h8,11,14-15H,4-7,9H2,1-3H3. The molecule has 0 amide bonds. The van der Waals surface area contributed by atoms with Gasteiger partial charge in [0.05, 0.1) is 6.54 Å². The zero-order valence-corrected chi connectivity index (χ0v) is 13.1. The molecule has 0 atom stereocenters. The molecule has 20 heavy (non-hydrogen) atoms. The van der Waals surface area contributed by atoms with Crippen molar-refractivity contribution in [3.8, 4) is 0 Å². The Bertz CT molecular complexity index is 545. The lowest BCUT2D eigenvalue weighted by Crippen LogP contribution is -2.43. The van der Waals surface area contributed by atoms with Crippen LogP contribution in [-0.2, 0) is 16.6 Å². The largest absolute Gasteiger partial charge is 0.464 e. The Morgan fingerprint density at radius 3 is 2.65 bits per heavy atom. The quantitative estimate of drug-likeness (QED) is 0.836. The molecular weight excluding hydrogens is 278 g/mol. The van der Waals surface area contributed by atoms with Crippen molar-refractivity contribution in [1.82, 2.24) is 14.9 Å². The fourth-order valence-corrected chi connectivity index (χ4v) is 3.97. The van der Waals surface area contributed by atoms with Crippen LogP contribution < -0.4 is 10.0 Å². The first-order valence-electron chi connectivity index (χ1n) is 6.87. The molecule has 2 rings (SSSR count). The van der Waals surface area contributed by atoms with Gasteiger partial charge in [0.15, 0.2) is 0 Å². The van der Waals surface area contributed by atoms with E-state index in [-0.39, 0.29) is 10.9 Å². The maximum absolute atomic E-state index is 12.4. The van der Waals surface area contributed by atoms with Crippen molar-refractivity contribution in [2.45, 2.75) is 37.2 Å². The molecule has 1 fully saturated rings. The van der Waals surface area contributed by atoms with Gasteiger partial charge in [-0.15, -0.1) is 0 Å². The van der Waals surface area contributed by atoms with Crippen molar-refractivity contribution in [3.05, 3.63) is 17.6 Å². The minimum Gasteiger partial charge on any atom is -0.464 e. The average molecular weight is 301 g/mol. The number of hydrogen-bond donors (Lipinski definition) is 2. The summed E-state index contributed by atoms with van der Waals surface area (Å²) in [5.74, 6) is 1.07. The van der Waals surface area contributed by atoms with Gasteiger partial charge in [-0.2, -0.15) is 0 Å². The second-order valence-electron chi connectivity index (χ2n) is 5.36. The molecule has 2 N–H and O–H groups in total. The van der Waals surface area contributed by atoms with Crippen LogP contribution in [0.2, 0.25) is 0 Å². The SMILES string of the molecule is CNCc1cc(S(=O)(=O)NC2CCN(C)CC2)c(C)o1. The smallest absolute Gasteiger partial charge is 0.244 e. The van der Waals surface area contributed by atoms with Crippen LogP contribution in [-0.4, -0.2) is 46.5 Å². The summed E-state index contributed by atoms with van der Waals surface area (Å²) in [6.07, 6.45) is 1.69. The van der Waals surface area contributed by atoms with Gasteiger partial charge in [-0.05, 0) is 47.0 Å². The van der Waals surface area contributed by atoms with Gasteiger partial charge in [-0.1, -0.05) is 0 Å². The lowest BCUT2D eigenvalue weighted by molar-refractivity contribution is 0.248. The Labute approximate surface area is 120 Å². The van der Waals surface area contributed by atoms with E-state index >= 15 is 0 Å². The molecule has 1 aliphatic rings. The van der Waals surface area contributed by atoms with Crippen LogP contribution in [0.5, 0.6) is 0 Å². The summed E-state index contributed by atoms with van der Waals surface area (Å²) in [5.41, 5.74) is 0.